The van der Waals surface area contributed by atoms with Gasteiger partial charge in [0.1, 0.15) is 4.88 Å². The molecule has 0 radical (unpaired) electrons. The highest BCUT2D eigenvalue weighted by Crippen LogP contribution is 2.23. The van der Waals surface area contributed by atoms with E-state index in [4.69, 9.17) is 5.11 Å². The number of carbonyl (C=O) groups excluding carboxylic acids is 1. The molecule has 1 aromatic carbocycles. The third kappa shape index (κ3) is 3.32. The number of thiophene rings is 1. The van der Waals surface area contributed by atoms with Crippen molar-refractivity contribution in [3.8, 4) is 0 Å². The quantitative estimate of drug-likeness (QED) is 0.804. The van der Waals surface area contributed by atoms with E-state index >= 15 is 0 Å². The standard InChI is InChI=1S/C13H12N2O3S/c1-8-2-4-9(5-3-8)14-12(16)11-10(6-7-19-11)15-13(17)18/h2-7,15H,1H3,(H,14,16)(H,17,18). The van der Waals surface area contributed by atoms with Gasteiger partial charge in [-0.2, -0.15) is 0 Å². The maximum absolute atomic E-state index is 12.0. The van der Waals surface area contributed by atoms with Gasteiger partial charge in [0, 0.05) is 5.69 Å². The molecule has 2 amide bonds. The zero-order chi connectivity index (χ0) is 13.8. The zero-order valence-electron chi connectivity index (χ0n) is 10.1. The molecule has 0 bridgehead atoms. The van der Waals surface area contributed by atoms with Crippen LogP contribution in [0.5, 0.6) is 0 Å². The van der Waals surface area contributed by atoms with Gasteiger partial charge in [-0.1, -0.05) is 17.7 Å². The first kappa shape index (κ1) is 13.1. The van der Waals surface area contributed by atoms with E-state index in [1.54, 1.807) is 23.6 Å². The number of nitrogens with one attached hydrogen (secondary N) is 2. The molecule has 2 rings (SSSR count). The predicted molar refractivity (Wildman–Crippen MR) is 75.1 cm³/mol. The van der Waals surface area contributed by atoms with Crippen molar-refractivity contribution in [2.24, 2.45) is 0 Å². The van der Waals surface area contributed by atoms with E-state index in [0.29, 0.717) is 16.3 Å². The van der Waals surface area contributed by atoms with Gasteiger partial charge in [-0.25, -0.2) is 4.79 Å². The van der Waals surface area contributed by atoms with Gasteiger partial charge in [-0.3, -0.25) is 10.1 Å². The fourth-order valence-corrected chi connectivity index (χ4v) is 2.27. The first-order valence-corrected chi connectivity index (χ1v) is 6.39. The molecule has 0 saturated heterocycles. The van der Waals surface area contributed by atoms with Crippen LogP contribution in [-0.4, -0.2) is 17.1 Å². The summed E-state index contributed by atoms with van der Waals surface area (Å²) in [7, 11) is 0. The highest BCUT2D eigenvalue weighted by Gasteiger charge is 2.14. The predicted octanol–water partition coefficient (Wildman–Crippen LogP) is 3.40. The molecule has 0 aliphatic rings. The lowest BCUT2D eigenvalue weighted by Crippen LogP contribution is -2.14. The summed E-state index contributed by atoms with van der Waals surface area (Å²) in [5, 5.41) is 15.3. The average Bonchev–Trinajstić information content (AvgIpc) is 2.79. The summed E-state index contributed by atoms with van der Waals surface area (Å²) in [6, 6.07) is 8.93. The summed E-state index contributed by atoms with van der Waals surface area (Å²) >= 11 is 1.18. The highest BCUT2D eigenvalue weighted by atomic mass is 32.1. The summed E-state index contributed by atoms with van der Waals surface area (Å²) in [6.07, 6.45) is -1.19. The van der Waals surface area contributed by atoms with Crippen molar-refractivity contribution < 1.29 is 14.7 Å². The second kappa shape index (κ2) is 5.53. The summed E-state index contributed by atoms with van der Waals surface area (Å²) in [5.74, 6) is -0.331. The SMILES string of the molecule is Cc1ccc(NC(=O)c2sccc2NC(=O)O)cc1. The molecule has 98 valence electrons. The lowest BCUT2D eigenvalue weighted by atomic mass is 10.2. The van der Waals surface area contributed by atoms with Crippen molar-refractivity contribution in [1.29, 1.82) is 0 Å². The Morgan fingerprint density at radius 3 is 2.42 bits per heavy atom. The molecule has 5 nitrogen and oxygen atoms in total. The van der Waals surface area contributed by atoms with Crippen molar-refractivity contribution in [3.63, 3.8) is 0 Å². The molecule has 0 atom stereocenters. The minimum absolute atomic E-state index is 0.294. The summed E-state index contributed by atoms with van der Waals surface area (Å²) in [6.45, 7) is 1.96. The van der Waals surface area contributed by atoms with Gasteiger partial charge in [0.05, 0.1) is 5.69 Å². The summed E-state index contributed by atoms with van der Waals surface area (Å²) in [5.41, 5.74) is 2.06. The number of carbonyl (C=O) groups is 2. The van der Waals surface area contributed by atoms with Crippen LogP contribution in [0.1, 0.15) is 15.2 Å². The number of hydrogen-bond donors (Lipinski definition) is 3. The van der Waals surface area contributed by atoms with Crippen LogP contribution >= 0.6 is 11.3 Å². The Morgan fingerprint density at radius 1 is 1.11 bits per heavy atom. The van der Waals surface area contributed by atoms with E-state index in [2.05, 4.69) is 10.6 Å². The molecular weight excluding hydrogens is 264 g/mol. The van der Waals surface area contributed by atoms with Crippen molar-refractivity contribution in [1.82, 2.24) is 0 Å². The van der Waals surface area contributed by atoms with Crippen LogP contribution in [0, 0.1) is 6.92 Å². The van der Waals surface area contributed by atoms with Gasteiger partial charge in [0.25, 0.3) is 5.91 Å². The fraction of sp³-hybridized carbons (Fsp3) is 0.0769. The fourth-order valence-electron chi connectivity index (χ4n) is 1.52. The third-order valence-electron chi connectivity index (χ3n) is 2.42. The Bertz CT molecular complexity index is 605. The second-order valence-electron chi connectivity index (χ2n) is 3.91. The largest absolute Gasteiger partial charge is 0.465 e. The van der Waals surface area contributed by atoms with E-state index in [0.717, 1.165) is 5.56 Å². The van der Waals surface area contributed by atoms with Gasteiger partial charge in [0.2, 0.25) is 0 Å². The third-order valence-corrected chi connectivity index (χ3v) is 3.34. The van der Waals surface area contributed by atoms with Crippen molar-refractivity contribution in [2.45, 2.75) is 6.92 Å². The molecule has 0 fully saturated rings. The summed E-state index contributed by atoms with van der Waals surface area (Å²) < 4.78 is 0. The average molecular weight is 276 g/mol. The Balaban J connectivity index is 2.14. The van der Waals surface area contributed by atoms with Crippen LogP contribution in [0.15, 0.2) is 35.7 Å². The lowest BCUT2D eigenvalue weighted by molar-refractivity contribution is 0.103. The molecule has 6 heteroatoms. The molecule has 1 aromatic heterocycles. The van der Waals surface area contributed by atoms with E-state index in [1.807, 2.05) is 19.1 Å². The number of hydrogen-bond acceptors (Lipinski definition) is 3. The van der Waals surface area contributed by atoms with Crippen LogP contribution in [0.3, 0.4) is 0 Å². The number of anilines is 2. The molecule has 0 unspecified atom stereocenters. The van der Waals surface area contributed by atoms with Crippen molar-refractivity contribution in [3.05, 3.63) is 46.2 Å². The lowest BCUT2D eigenvalue weighted by Gasteiger charge is -2.06. The molecule has 0 aliphatic heterocycles. The van der Waals surface area contributed by atoms with Gasteiger partial charge in [-0.15, -0.1) is 11.3 Å². The number of aryl methyl sites for hydroxylation is 1. The normalized spacial score (nSPS) is 9.95. The number of amides is 2. The first-order chi connectivity index (χ1) is 9.06. The maximum atomic E-state index is 12.0. The Kier molecular flexibility index (Phi) is 3.82. The zero-order valence-corrected chi connectivity index (χ0v) is 11.0. The molecule has 0 aliphatic carbocycles. The smallest absolute Gasteiger partial charge is 0.409 e. The topological polar surface area (TPSA) is 78.4 Å². The molecular formula is C13H12N2O3S. The van der Waals surface area contributed by atoms with Gasteiger partial charge in [0.15, 0.2) is 0 Å². The van der Waals surface area contributed by atoms with Crippen LogP contribution < -0.4 is 10.6 Å². The molecule has 0 spiro atoms. The highest BCUT2D eigenvalue weighted by molar-refractivity contribution is 7.12. The first-order valence-electron chi connectivity index (χ1n) is 5.52. The monoisotopic (exact) mass is 276 g/mol. The Hall–Kier alpha value is -2.34. The van der Waals surface area contributed by atoms with E-state index in [-0.39, 0.29) is 5.91 Å². The number of carboxylic acid groups (broad SMARTS) is 1. The molecule has 1 heterocycles. The van der Waals surface area contributed by atoms with Crippen LogP contribution in [-0.2, 0) is 0 Å². The van der Waals surface area contributed by atoms with Crippen LogP contribution in [0.25, 0.3) is 0 Å². The van der Waals surface area contributed by atoms with Gasteiger partial charge >= 0.3 is 6.09 Å². The Labute approximate surface area is 113 Å². The minimum atomic E-state index is -1.19. The molecule has 19 heavy (non-hydrogen) atoms. The number of rotatable bonds is 3. The van der Waals surface area contributed by atoms with Gasteiger partial charge < -0.3 is 10.4 Å². The maximum Gasteiger partial charge on any atom is 0.409 e. The van der Waals surface area contributed by atoms with E-state index in [1.165, 1.54) is 11.3 Å². The van der Waals surface area contributed by atoms with Crippen LogP contribution in [0.2, 0.25) is 0 Å². The number of benzene rings is 1. The van der Waals surface area contributed by atoms with E-state index < -0.39 is 6.09 Å². The van der Waals surface area contributed by atoms with Crippen LogP contribution in [0.4, 0.5) is 16.2 Å². The van der Waals surface area contributed by atoms with Crippen molar-refractivity contribution in [2.75, 3.05) is 10.6 Å². The molecule has 0 saturated carbocycles. The van der Waals surface area contributed by atoms with Crippen molar-refractivity contribution >= 4 is 34.7 Å². The summed E-state index contributed by atoms with van der Waals surface area (Å²) in [4.78, 5) is 23.0. The van der Waals surface area contributed by atoms with Gasteiger partial charge in [-0.05, 0) is 30.5 Å². The molecule has 2 aromatic rings. The minimum Gasteiger partial charge on any atom is -0.465 e. The second-order valence-corrected chi connectivity index (χ2v) is 4.83. The van der Waals surface area contributed by atoms with E-state index in [9.17, 15) is 9.59 Å². The molecule has 3 N–H and O–H groups in total. The Morgan fingerprint density at radius 2 is 1.79 bits per heavy atom.